The Morgan fingerprint density at radius 2 is 1.89 bits per heavy atom. The van der Waals surface area contributed by atoms with Crippen LogP contribution in [-0.2, 0) is 6.54 Å². The minimum Gasteiger partial charge on any atom is -0.468 e. The number of pyridine rings is 2. The van der Waals surface area contributed by atoms with E-state index in [0.717, 1.165) is 25.2 Å². The Bertz CT molecular complexity index is 745. The first-order chi connectivity index (χ1) is 12.9. The van der Waals surface area contributed by atoms with Gasteiger partial charge >= 0.3 is 6.18 Å². The van der Waals surface area contributed by atoms with E-state index in [9.17, 15) is 18.0 Å². The summed E-state index contributed by atoms with van der Waals surface area (Å²) < 4.78 is 41.0. The normalized spacial score (nSPS) is 15.6. The zero-order valence-corrected chi connectivity index (χ0v) is 14.5. The average molecular weight is 380 g/mol. The number of carbonyl (C=O) groups is 1. The number of halogens is 3. The van der Waals surface area contributed by atoms with Gasteiger partial charge in [-0.05, 0) is 17.7 Å². The first-order valence-electron chi connectivity index (χ1n) is 8.47. The summed E-state index contributed by atoms with van der Waals surface area (Å²) in [5.41, 5.74) is 1.45. The minimum atomic E-state index is -4.42. The highest BCUT2D eigenvalue weighted by molar-refractivity contribution is 5.94. The third-order valence-corrected chi connectivity index (χ3v) is 4.16. The molecular formula is C18H19F3N4O2. The molecule has 1 aliphatic rings. The lowest BCUT2D eigenvalue weighted by Crippen LogP contribution is -2.48. The molecule has 0 aromatic carbocycles. The second-order valence-corrected chi connectivity index (χ2v) is 6.22. The maximum atomic E-state index is 12.5. The molecule has 3 rings (SSSR count). The molecule has 2 aromatic rings. The Morgan fingerprint density at radius 3 is 2.48 bits per heavy atom. The lowest BCUT2D eigenvalue weighted by atomic mass is 10.2. The van der Waals surface area contributed by atoms with E-state index in [1.807, 2.05) is 18.3 Å². The van der Waals surface area contributed by atoms with Gasteiger partial charge in [-0.3, -0.25) is 14.7 Å². The van der Waals surface area contributed by atoms with Crippen molar-refractivity contribution in [3.05, 3.63) is 54.0 Å². The predicted molar refractivity (Wildman–Crippen MR) is 91.2 cm³/mol. The van der Waals surface area contributed by atoms with E-state index in [-0.39, 0.29) is 11.8 Å². The molecule has 0 spiro atoms. The van der Waals surface area contributed by atoms with Gasteiger partial charge in [-0.2, -0.15) is 13.2 Å². The summed E-state index contributed by atoms with van der Waals surface area (Å²) >= 11 is 0. The Labute approximate surface area is 154 Å². The second-order valence-electron chi connectivity index (χ2n) is 6.22. The molecule has 9 heteroatoms. The summed E-state index contributed by atoms with van der Waals surface area (Å²) in [7, 11) is 0. The van der Waals surface area contributed by atoms with Gasteiger partial charge in [0.05, 0.1) is 5.56 Å². The van der Waals surface area contributed by atoms with Crippen LogP contribution in [0.15, 0.2) is 42.9 Å². The van der Waals surface area contributed by atoms with Crippen LogP contribution in [0.3, 0.4) is 0 Å². The molecule has 27 heavy (non-hydrogen) atoms. The number of hydrogen-bond donors (Lipinski definition) is 0. The molecule has 0 saturated carbocycles. The Morgan fingerprint density at radius 1 is 1.11 bits per heavy atom. The number of carbonyl (C=O) groups excluding carboxylic acids is 1. The van der Waals surface area contributed by atoms with Gasteiger partial charge < -0.3 is 9.64 Å². The van der Waals surface area contributed by atoms with Gasteiger partial charge in [0.15, 0.2) is 6.61 Å². The third-order valence-electron chi connectivity index (χ3n) is 4.16. The molecule has 1 amide bonds. The molecule has 1 saturated heterocycles. The molecule has 3 heterocycles. The van der Waals surface area contributed by atoms with Crippen LogP contribution in [0.4, 0.5) is 13.2 Å². The summed E-state index contributed by atoms with van der Waals surface area (Å²) in [4.78, 5) is 24.4. The Hall–Kier alpha value is -2.68. The van der Waals surface area contributed by atoms with Crippen LogP contribution >= 0.6 is 0 Å². The number of hydrogen-bond acceptors (Lipinski definition) is 5. The molecule has 1 aliphatic heterocycles. The van der Waals surface area contributed by atoms with Crippen LogP contribution in [0.2, 0.25) is 0 Å². The summed E-state index contributed by atoms with van der Waals surface area (Å²) in [6.07, 6.45) is 0.376. The van der Waals surface area contributed by atoms with E-state index in [1.165, 1.54) is 18.3 Å². The van der Waals surface area contributed by atoms with E-state index in [4.69, 9.17) is 0 Å². The van der Waals surface area contributed by atoms with E-state index < -0.39 is 12.8 Å². The van der Waals surface area contributed by atoms with Crippen LogP contribution in [0.1, 0.15) is 15.9 Å². The Balaban J connectivity index is 1.50. The summed E-state index contributed by atoms with van der Waals surface area (Å²) in [5, 5.41) is 0. The van der Waals surface area contributed by atoms with Crippen LogP contribution in [0.5, 0.6) is 5.88 Å². The molecule has 6 nitrogen and oxygen atoms in total. The molecule has 0 unspecified atom stereocenters. The van der Waals surface area contributed by atoms with Gasteiger partial charge in [0, 0.05) is 57.4 Å². The van der Waals surface area contributed by atoms with Crippen molar-refractivity contribution >= 4 is 5.91 Å². The fraction of sp³-hybridized carbons (Fsp3) is 0.389. The van der Waals surface area contributed by atoms with Crippen molar-refractivity contribution in [2.45, 2.75) is 12.7 Å². The van der Waals surface area contributed by atoms with Crippen molar-refractivity contribution in [3.63, 3.8) is 0 Å². The smallest absolute Gasteiger partial charge is 0.422 e. The Kier molecular flexibility index (Phi) is 5.90. The number of rotatable bonds is 5. The summed E-state index contributed by atoms with van der Waals surface area (Å²) in [6.45, 7) is 1.99. The maximum absolute atomic E-state index is 12.5. The monoisotopic (exact) mass is 380 g/mol. The fourth-order valence-corrected chi connectivity index (χ4v) is 2.79. The van der Waals surface area contributed by atoms with Crippen LogP contribution in [-0.4, -0.2) is 64.6 Å². The number of ether oxygens (including phenoxy) is 1. The molecule has 2 aromatic heterocycles. The number of alkyl halides is 3. The first kappa shape index (κ1) is 19.1. The standard InChI is InChI=1S/C18H19F3N4O2/c19-18(20,21)13-27-16-4-3-15(11-23-16)17(26)25-8-6-24(7-9-25)12-14-2-1-5-22-10-14/h1-5,10-11H,6-9,12-13H2. The molecule has 1 fully saturated rings. The highest BCUT2D eigenvalue weighted by Gasteiger charge is 2.28. The van der Waals surface area contributed by atoms with Crippen molar-refractivity contribution in [2.75, 3.05) is 32.8 Å². The molecule has 0 bridgehead atoms. The van der Waals surface area contributed by atoms with Crippen molar-refractivity contribution in [3.8, 4) is 5.88 Å². The minimum absolute atomic E-state index is 0.162. The maximum Gasteiger partial charge on any atom is 0.422 e. The van der Waals surface area contributed by atoms with Gasteiger partial charge in [-0.1, -0.05) is 6.07 Å². The van der Waals surface area contributed by atoms with E-state index in [2.05, 4.69) is 19.6 Å². The van der Waals surface area contributed by atoms with Gasteiger partial charge in [-0.25, -0.2) is 4.98 Å². The van der Waals surface area contributed by atoms with Crippen LogP contribution < -0.4 is 4.74 Å². The van der Waals surface area contributed by atoms with Crippen LogP contribution in [0, 0.1) is 0 Å². The van der Waals surface area contributed by atoms with E-state index >= 15 is 0 Å². The zero-order valence-electron chi connectivity index (χ0n) is 14.5. The van der Waals surface area contributed by atoms with Crippen molar-refractivity contribution in [1.82, 2.24) is 19.8 Å². The summed E-state index contributed by atoms with van der Waals surface area (Å²) in [6, 6.07) is 6.61. The van der Waals surface area contributed by atoms with Crippen molar-refractivity contribution in [1.29, 1.82) is 0 Å². The molecule has 0 atom stereocenters. The topological polar surface area (TPSA) is 58.6 Å². The SMILES string of the molecule is O=C(c1ccc(OCC(F)(F)F)nc1)N1CCN(Cc2cccnc2)CC1. The van der Waals surface area contributed by atoms with Crippen LogP contribution in [0.25, 0.3) is 0 Å². The van der Waals surface area contributed by atoms with E-state index in [0.29, 0.717) is 18.7 Å². The number of aromatic nitrogens is 2. The molecule has 0 aliphatic carbocycles. The average Bonchev–Trinajstić information content (AvgIpc) is 2.67. The molecular weight excluding hydrogens is 361 g/mol. The lowest BCUT2D eigenvalue weighted by molar-refractivity contribution is -0.154. The molecule has 0 radical (unpaired) electrons. The van der Waals surface area contributed by atoms with Gasteiger partial charge in [0.1, 0.15) is 0 Å². The number of amides is 1. The van der Waals surface area contributed by atoms with Crippen molar-refractivity contribution < 1.29 is 22.7 Å². The van der Waals surface area contributed by atoms with Gasteiger partial charge in [0.25, 0.3) is 5.91 Å². The second kappa shape index (κ2) is 8.34. The van der Waals surface area contributed by atoms with Gasteiger partial charge in [0.2, 0.25) is 5.88 Å². The largest absolute Gasteiger partial charge is 0.468 e. The third kappa shape index (κ3) is 5.65. The highest BCUT2D eigenvalue weighted by atomic mass is 19.4. The fourth-order valence-electron chi connectivity index (χ4n) is 2.79. The molecule has 144 valence electrons. The first-order valence-corrected chi connectivity index (χ1v) is 8.47. The highest BCUT2D eigenvalue weighted by Crippen LogP contribution is 2.18. The lowest BCUT2D eigenvalue weighted by Gasteiger charge is -2.34. The summed E-state index contributed by atoms with van der Waals surface area (Å²) in [5.74, 6) is -0.351. The van der Waals surface area contributed by atoms with Gasteiger partial charge in [-0.15, -0.1) is 0 Å². The number of piperazine rings is 1. The zero-order chi connectivity index (χ0) is 19.3. The predicted octanol–water partition coefficient (Wildman–Crippen LogP) is 2.38. The number of nitrogens with zero attached hydrogens (tertiary/aromatic N) is 4. The molecule has 0 N–H and O–H groups in total. The van der Waals surface area contributed by atoms with E-state index in [1.54, 1.807) is 11.1 Å². The quantitative estimate of drug-likeness (QED) is 0.797. The van der Waals surface area contributed by atoms with Crippen molar-refractivity contribution in [2.24, 2.45) is 0 Å².